The summed E-state index contributed by atoms with van der Waals surface area (Å²) in [7, 11) is 3.44. The largest absolute Gasteiger partial charge is 0.346 e. The first-order valence-electron chi connectivity index (χ1n) is 6.73. The third-order valence-corrected chi connectivity index (χ3v) is 5.59. The molecule has 19 heavy (non-hydrogen) atoms. The number of nitrogens with zero attached hydrogens (tertiary/aromatic N) is 2. The molecule has 0 radical (unpaired) electrons. The zero-order valence-corrected chi connectivity index (χ0v) is 12.5. The van der Waals surface area contributed by atoms with E-state index in [-0.39, 0.29) is 0 Å². The molecule has 0 N–H and O–H groups in total. The topological polar surface area (TPSA) is 25.2 Å². The average molecular weight is 276 g/mol. The van der Waals surface area contributed by atoms with E-state index in [0.29, 0.717) is 6.04 Å². The summed E-state index contributed by atoms with van der Waals surface area (Å²) in [5.41, 5.74) is 2.57. The zero-order valence-electron chi connectivity index (χ0n) is 11.7. The fourth-order valence-electron chi connectivity index (χ4n) is 2.70. The van der Waals surface area contributed by atoms with Crippen LogP contribution in [0.3, 0.4) is 0 Å². The van der Waals surface area contributed by atoms with E-state index < -0.39 is 10.8 Å². The molecule has 0 saturated heterocycles. The second-order valence-electron chi connectivity index (χ2n) is 5.56. The van der Waals surface area contributed by atoms with E-state index in [0.717, 1.165) is 23.6 Å². The van der Waals surface area contributed by atoms with Crippen molar-refractivity contribution in [3.63, 3.8) is 0 Å². The Kier molecular flexibility index (Phi) is 3.23. The maximum atomic E-state index is 11.9. The van der Waals surface area contributed by atoms with E-state index in [1.165, 1.54) is 16.5 Å². The molecule has 3 nitrogen and oxygen atoms in total. The molecule has 2 aromatic rings. The normalized spacial score (nSPS) is 20.1. The smallest absolute Gasteiger partial charge is 0.0535 e. The second-order valence-corrected chi connectivity index (χ2v) is 7.09. The number of hydrogen-bond acceptors (Lipinski definition) is 2. The molecule has 2 atom stereocenters. The molecule has 0 aliphatic carbocycles. The summed E-state index contributed by atoms with van der Waals surface area (Å²) in [5, 5.41) is 1.29. The summed E-state index contributed by atoms with van der Waals surface area (Å²) in [6, 6.07) is 6.86. The minimum atomic E-state index is -0.780. The van der Waals surface area contributed by atoms with Gasteiger partial charge in [0.15, 0.2) is 0 Å². The number of aryl methyl sites for hydroxylation is 1. The van der Waals surface area contributed by atoms with Crippen LogP contribution in [0.1, 0.15) is 12.5 Å². The van der Waals surface area contributed by atoms with Gasteiger partial charge in [0.25, 0.3) is 0 Å². The monoisotopic (exact) mass is 276 g/mol. The fraction of sp³-hybridized carbons (Fsp3) is 0.467. The molecule has 0 amide bonds. The lowest BCUT2D eigenvalue weighted by Crippen LogP contribution is -2.28. The Hall–Kier alpha value is -1.13. The van der Waals surface area contributed by atoms with Crippen LogP contribution in [0, 0.1) is 0 Å². The lowest BCUT2D eigenvalue weighted by molar-refractivity contribution is 0.286. The summed E-state index contributed by atoms with van der Waals surface area (Å²) in [6.07, 6.45) is 3.11. The summed E-state index contributed by atoms with van der Waals surface area (Å²) < 4.78 is 14.2. The highest BCUT2D eigenvalue weighted by molar-refractivity contribution is 7.85. The Labute approximate surface area is 116 Å². The molecule has 102 valence electrons. The Morgan fingerprint density at radius 1 is 1.37 bits per heavy atom. The number of hydrogen-bond donors (Lipinski definition) is 0. The lowest BCUT2D eigenvalue weighted by Gasteiger charge is -2.20. The summed E-state index contributed by atoms with van der Waals surface area (Å²) in [5.74, 6) is 0.785. The molecule has 1 aromatic heterocycles. The van der Waals surface area contributed by atoms with Crippen LogP contribution in [0.2, 0.25) is 0 Å². The molecule has 2 heterocycles. The van der Waals surface area contributed by atoms with Gasteiger partial charge in [0.05, 0.1) is 10.8 Å². The van der Waals surface area contributed by atoms with Crippen LogP contribution in [-0.4, -0.2) is 39.6 Å². The van der Waals surface area contributed by atoms with Gasteiger partial charge in [-0.05, 0) is 51.2 Å². The highest BCUT2D eigenvalue weighted by Gasteiger charge is 2.21. The van der Waals surface area contributed by atoms with Crippen molar-refractivity contribution in [2.45, 2.75) is 30.8 Å². The standard InChI is InChI=1S/C15H20N2OS/c1-11(16(2)3)10-17-8-6-12-13-7-9-19(18)15(13)5-4-14(12)17/h4-6,8,11H,7,9-10H2,1-3H3/t11-,19?/m1/s1. The summed E-state index contributed by atoms with van der Waals surface area (Å²) in [6.45, 7) is 3.21. The van der Waals surface area contributed by atoms with Gasteiger partial charge in [0, 0.05) is 40.3 Å². The molecule has 0 saturated carbocycles. The first kappa shape index (κ1) is 12.9. The Balaban J connectivity index is 2.03. The highest BCUT2D eigenvalue weighted by Crippen LogP contribution is 2.31. The van der Waals surface area contributed by atoms with Gasteiger partial charge in [-0.2, -0.15) is 0 Å². The molecule has 4 heteroatoms. The van der Waals surface area contributed by atoms with Crippen LogP contribution in [0.5, 0.6) is 0 Å². The predicted molar refractivity (Wildman–Crippen MR) is 80.1 cm³/mol. The maximum absolute atomic E-state index is 11.9. The van der Waals surface area contributed by atoms with Gasteiger partial charge in [0.2, 0.25) is 0 Å². The highest BCUT2D eigenvalue weighted by atomic mass is 32.2. The predicted octanol–water partition coefficient (Wildman–Crippen LogP) is 2.26. The molecule has 3 rings (SSSR count). The molecule has 1 unspecified atom stereocenters. The van der Waals surface area contributed by atoms with E-state index in [1.54, 1.807) is 0 Å². The minimum Gasteiger partial charge on any atom is -0.346 e. The molecular formula is C15H20N2OS. The van der Waals surface area contributed by atoms with E-state index in [9.17, 15) is 4.21 Å². The number of benzene rings is 1. The average Bonchev–Trinajstić information content (AvgIpc) is 2.94. The Bertz CT molecular complexity index is 645. The quantitative estimate of drug-likeness (QED) is 0.859. The zero-order chi connectivity index (χ0) is 13.6. The third kappa shape index (κ3) is 2.13. The van der Waals surface area contributed by atoms with E-state index in [4.69, 9.17) is 0 Å². The van der Waals surface area contributed by atoms with Gasteiger partial charge in [-0.3, -0.25) is 4.21 Å². The van der Waals surface area contributed by atoms with Crippen molar-refractivity contribution in [3.05, 3.63) is 30.0 Å². The molecule has 1 aromatic carbocycles. The fourth-order valence-corrected chi connectivity index (χ4v) is 4.01. The lowest BCUT2D eigenvalue weighted by atomic mass is 10.1. The number of aromatic nitrogens is 1. The van der Waals surface area contributed by atoms with Gasteiger partial charge in [0.1, 0.15) is 0 Å². The van der Waals surface area contributed by atoms with Crippen molar-refractivity contribution in [3.8, 4) is 0 Å². The Morgan fingerprint density at radius 3 is 2.89 bits per heavy atom. The number of rotatable bonds is 3. The van der Waals surface area contributed by atoms with Crippen LogP contribution in [0.25, 0.3) is 10.9 Å². The van der Waals surface area contributed by atoms with Crippen LogP contribution < -0.4 is 0 Å². The van der Waals surface area contributed by atoms with Crippen LogP contribution >= 0.6 is 0 Å². The maximum Gasteiger partial charge on any atom is 0.0535 e. The van der Waals surface area contributed by atoms with E-state index in [1.807, 2.05) is 0 Å². The minimum absolute atomic E-state index is 0.498. The van der Waals surface area contributed by atoms with Gasteiger partial charge in [-0.15, -0.1) is 0 Å². The van der Waals surface area contributed by atoms with Crippen LogP contribution in [0.4, 0.5) is 0 Å². The Morgan fingerprint density at radius 2 is 2.16 bits per heavy atom. The molecule has 0 fully saturated rings. The van der Waals surface area contributed by atoms with Crippen molar-refractivity contribution >= 4 is 21.7 Å². The number of fused-ring (bicyclic) bond motifs is 3. The van der Waals surface area contributed by atoms with E-state index >= 15 is 0 Å². The van der Waals surface area contributed by atoms with Gasteiger partial charge < -0.3 is 9.47 Å². The molecule has 0 spiro atoms. The van der Waals surface area contributed by atoms with Crippen LogP contribution in [-0.2, 0) is 23.8 Å². The van der Waals surface area contributed by atoms with E-state index in [2.05, 4.69) is 54.9 Å². The SMILES string of the molecule is C[C@H](Cn1ccc2c3c(ccc21)S(=O)CC3)N(C)C. The first-order chi connectivity index (χ1) is 9.08. The first-order valence-corrected chi connectivity index (χ1v) is 8.05. The second kappa shape index (κ2) is 4.76. The van der Waals surface area contributed by atoms with Gasteiger partial charge in [-0.1, -0.05) is 0 Å². The van der Waals surface area contributed by atoms with Gasteiger partial charge in [-0.25, -0.2) is 0 Å². The van der Waals surface area contributed by atoms with Crippen LogP contribution in [0.15, 0.2) is 29.3 Å². The van der Waals surface area contributed by atoms with Gasteiger partial charge >= 0.3 is 0 Å². The molecule has 1 aliphatic rings. The molecule has 0 bridgehead atoms. The summed E-state index contributed by atoms with van der Waals surface area (Å²) >= 11 is 0. The van der Waals surface area contributed by atoms with Crippen molar-refractivity contribution in [1.29, 1.82) is 0 Å². The van der Waals surface area contributed by atoms with Crippen molar-refractivity contribution in [2.24, 2.45) is 0 Å². The summed E-state index contributed by atoms with van der Waals surface area (Å²) in [4.78, 5) is 3.28. The molecular weight excluding hydrogens is 256 g/mol. The molecule has 1 aliphatic heterocycles. The third-order valence-electron chi connectivity index (χ3n) is 4.15. The number of likely N-dealkylation sites (N-methyl/N-ethyl adjacent to an activating group) is 1. The van der Waals surface area contributed by atoms with Crippen molar-refractivity contribution in [2.75, 3.05) is 19.8 Å². The van der Waals surface area contributed by atoms with Crippen molar-refractivity contribution < 1.29 is 4.21 Å². The van der Waals surface area contributed by atoms with Crippen molar-refractivity contribution in [1.82, 2.24) is 9.47 Å².